The molecule has 0 radical (unpaired) electrons. The van der Waals surface area contributed by atoms with Gasteiger partial charge in [0.25, 0.3) is 5.56 Å². The lowest BCUT2D eigenvalue weighted by Gasteiger charge is -1.99. The summed E-state index contributed by atoms with van der Waals surface area (Å²) in [6.45, 7) is 0. The van der Waals surface area contributed by atoms with Crippen LogP contribution in [0, 0.1) is 4.77 Å². The van der Waals surface area contributed by atoms with E-state index < -0.39 is 11.2 Å². The van der Waals surface area contributed by atoms with Crippen molar-refractivity contribution < 1.29 is 0 Å². The number of nitrogens with one attached hydrogen (secondary N) is 2. The van der Waals surface area contributed by atoms with Gasteiger partial charge in [-0.05, 0) is 12.2 Å². The first-order chi connectivity index (χ1) is 6.59. The number of hydrogen-bond acceptors (Lipinski definition) is 5. The number of fused-ring (bicyclic) bond motifs is 1. The normalized spacial score (nSPS) is 10.6. The van der Waals surface area contributed by atoms with Gasteiger partial charge in [0.2, 0.25) is 4.77 Å². The van der Waals surface area contributed by atoms with E-state index in [2.05, 4.69) is 20.2 Å². The topological polar surface area (TPSA) is 96.4 Å². The first-order valence-corrected chi connectivity index (χ1v) is 4.06. The molecule has 0 aliphatic heterocycles. The summed E-state index contributed by atoms with van der Waals surface area (Å²) < 4.78 is 1.30. The smallest absolute Gasteiger partial charge is 0.279 e. The van der Waals surface area contributed by atoms with Crippen molar-refractivity contribution in [1.82, 2.24) is 24.7 Å². The van der Waals surface area contributed by atoms with Gasteiger partial charge in [-0.1, -0.05) is 0 Å². The second-order valence-corrected chi connectivity index (χ2v) is 3.02. The largest absolute Gasteiger partial charge is 0.329 e. The van der Waals surface area contributed by atoms with E-state index in [4.69, 9.17) is 12.2 Å². The molecule has 0 fully saturated rings. The molecule has 7 nitrogen and oxygen atoms in total. The molecule has 2 rings (SSSR count). The van der Waals surface area contributed by atoms with Crippen LogP contribution in [0.3, 0.4) is 0 Å². The summed E-state index contributed by atoms with van der Waals surface area (Å²) >= 11 is 4.73. The molecule has 0 saturated carbocycles. The van der Waals surface area contributed by atoms with Gasteiger partial charge in [-0.2, -0.15) is 10.1 Å². The highest BCUT2D eigenvalue weighted by atomic mass is 32.1. The number of aromatic amines is 2. The molecule has 0 bridgehead atoms. The predicted molar refractivity (Wildman–Crippen MR) is 50.6 cm³/mol. The predicted octanol–water partition coefficient (Wildman–Crippen LogP) is -0.926. The summed E-state index contributed by atoms with van der Waals surface area (Å²) in [6, 6.07) is 0. The highest BCUT2D eigenvalue weighted by Gasteiger charge is 2.06. The SMILES string of the molecule is Cn1c(=O)[nH]c(=O)c2n[nH]c(=S)nc21. The quantitative estimate of drug-likeness (QED) is 0.549. The zero-order chi connectivity index (χ0) is 10.3. The summed E-state index contributed by atoms with van der Waals surface area (Å²) in [7, 11) is 1.48. The molecule has 2 heterocycles. The van der Waals surface area contributed by atoms with E-state index in [1.807, 2.05) is 0 Å². The van der Waals surface area contributed by atoms with Gasteiger partial charge in [-0.25, -0.2) is 4.79 Å². The Balaban J connectivity index is 3.19. The van der Waals surface area contributed by atoms with E-state index in [1.54, 1.807) is 0 Å². The number of rotatable bonds is 0. The van der Waals surface area contributed by atoms with E-state index in [0.29, 0.717) is 0 Å². The minimum absolute atomic E-state index is 0.0562. The summed E-state index contributed by atoms with van der Waals surface area (Å²) in [4.78, 5) is 28.3. The summed E-state index contributed by atoms with van der Waals surface area (Å²) in [5.74, 6) is 0. The molecule has 2 aromatic rings. The molecule has 72 valence electrons. The van der Waals surface area contributed by atoms with Crippen LogP contribution in [-0.4, -0.2) is 24.7 Å². The maximum Gasteiger partial charge on any atom is 0.329 e. The van der Waals surface area contributed by atoms with Gasteiger partial charge in [-0.3, -0.25) is 19.4 Å². The molecular weight excluding hydrogens is 206 g/mol. The second-order valence-electron chi connectivity index (χ2n) is 2.63. The van der Waals surface area contributed by atoms with Crippen LogP contribution >= 0.6 is 12.2 Å². The average molecular weight is 211 g/mol. The van der Waals surface area contributed by atoms with Crippen LogP contribution in [0.1, 0.15) is 0 Å². The van der Waals surface area contributed by atoms with Crippen molar-refractivity contribution in [3.05, 3.63) is 25.6 Å². The average Bonchev–Trinajstić information content (AvgIpc) is 2.14. The lowest BCUT2D eigenvalue weighted by atomic mass is 10.5. The third kappa shape index (κ3) is 1.16. The van der Waals surface area contributed by atoms with E-state index in [1.165, 1.54) is 11.6 Å². The highest BCUT2D eigenvalue weighted by molar-refractivity contribution is 7.71. The van der Waals surface area contributed by atoms with Crippen molar-refractivity contribution in [2.75, 3.05) is 0 Å². The Bertz CT molecular complexity index is 666. The number of aromatic nitrogens is 5. The molecule has 0 spiro atoms. The molecule has 0 saturated heterocycles. The van der Waals surface area contributed by atoms with Crippen molar-refractivity contribution in [2.24, 2.45) is 7.05 Å². The monoisotopic (exact) mass is 211 g/mol. The van der Waals surface area contributed by atoms with Crippen molar-refractivity contribution >= 4 is 23.4 Å². The molecule has 8 heteroatoms. The summed E-state index contributed by atoms with van der Waals surface area (Å²) in [6.07, 6.45) is 0. The van der Waals surface area contributed by atoms with Crippen LogP contribution in [-0.2, 0) is 7.05 Å². The molecule has 0 aliphatic carbocycles. The minimum atomic E-state index is -0.582. The number of H-pyrrole nitrogens is 2. The van der Waals surface area contributed by atoms with Gasteiger partial charge in [0.05, 0.1) is 0 Å². The van der Waals surface area contributed by atoms with Gasteiger partial charge in [0, 0.05) is 7.05 Å². The third-order valence-corrected chi connectivity index (χ3v) is 1.92. The maximum atomic E-state index is 11.2. The van der Waals surface area contributed by atoms with E-state index >= 15 is 0 Å². The van der Waals surface area contributed by atoms with Crippen LogP contribution in [0.4, 0.5) is 0 Å². The summed E-state index contributed by atoms with van der Waals surface area (Å²) in [5, 5.41) is 6.07. The van der Waals surface area contributed by atoms with Gasteiger partial charge >= 0.3 is 5.69 Å². The molecule has 2 aromatic heterocycles. The Hall–Kier alpha value is -1.83. The minimum Gasteiger partial charge on any atom is -0.279 e. The molecule has 0 aromatic carbocycles. The lowest BCUT2D eigenvalue weighted by Crippen LogP contribution is -2.29. The third-order valence-electron chi connectivity index (χ3n) is 1.74. The molecule has 0 amide bonds. The van der Waals surface area contributed by atoms with Crippen LogP contribution in [0.2, 0.25) is 0 Å². The standard InChI is InChI=1S/C6H5N5O2S/c1-11-3-2(4(12)8-6(11)13)9-10-5(14)7-3/h1H3,(H,7,10,14)(H,8,12,13). The Kier molecular flexibility index (Phi) is 1.78. The van der Waals surface area contributed by atoms with Crippen LogP contribution in [0.25, 0.3) is 11.2 Å². The van der Waals surface area contributed by atoms with E-state index in [9.17, 15) is 9.59 Å². The lowest BCUT2D eigenvalue weighted by molar-refractivity contribution is 0.809. The fraction of sp³-hybridized carbons (Fsp3) is 0.167. The zero-order valence-electron chi connectivity index (χ0n) is 7.07. The van der Waals surface area contributed by atoms with Gasteiger partial charge in [0.15, 0.2) is 11.2 Å². The maximum absolute atomic E-state index is 11.2. The number of hydrogen-bond donors (Lipinski definition) is 2. The molecule has 14 heavy (non-hydrogen) atoms. The summed E-state index contributed by atoms with van der Waals surface area (Å²) in [5.41, 5.74) is -0.901. The van der Waals surface area contributed by atoms with E-state index in [-0.39, 0.29) is 15.9 Å². The van der Waals surface area contributed by atoms with Gasteiger partial charge < -0.3 is 0 Å². The Morgan fingerprint density at radius 1 is 1.43 bits per heavy atom. The number of aryl methyl sites for hydroxylation is 1. The molecular formula is C6H5N5O2S. The zero-order valence-corrected chi connectivity index (χ0v) is 7.88. The first kappa shape index (κ1) is 8.75. The van der Waals surface area contributed by atoms with Crippen molar-refractivity contribution in [3.8, 4) is 0 Å². The van der Waals surface area contributed by atoms with Crippen molar-refractivity contribution in [1.29, 1.82) is 0 Å². The van der Waals surface area contributed by atoms with Crippen LogP contribution in [0.5, 0.6) is 0 Å². The number of nitrogens with zero attached hydrogens (tertiary/aromatic N) is 3. The van der Waals surface area contributed by atoms with Crippen molar-refractivity contribution in [2.45, 2.75) is 0 Å². The van der Waals surface area contributed by atoms with E-state index in [0.717, 1.165) is 0 Å². The fourth-order valence-electron chi connectivity index (χ4n) is 1.05. The Morgan fingerprint density at radius 3 is 2.86 bits per heavy atom. The molecule has 2 N–H and O–H groups in total. The van der Waals surface area contributed by atoms with Gasteiger partial charge in [-0.15, -0.1) is 0 Å². The molecule has 0 atom stereocenters. The second kappa shape index (κ2) is 2.84. The Morgan fingerprint density at radius 2 is 2.14 bits per heavy atom. The van der Waals surface area contributed by atoms with Crippen LogP contribution in [0.15, 0.2) is 9.59 Å². The van der Waals surface area contributed by atoms with Crippen LogP contribution < -0.4 is 11.2 Å². The fourth-order valence-corrected chi connectivity index (χ4v) is 1.18. The van der Waals surface area contributed by atoms with Gasteiger partial charge in [0.1, 0.15) is 0 Å². The highest BCUT2D eigenvalue weighted by Crippen LogP contribution is 1.95. The molecule has 0 unspecified atom stereocenters. The Labute approximate surface area is 81.4 Å². The molecule has 0 aliphatic rings. The first-order valence-electron chi connectivity index (χ1n) is 3.65. The van der Waals surface area contributed by atoms with Crippen molar-refractivity contribution in [3.63, 3.8) is 0 Å².